The van der Waals surface area contributed by atoms with Gasteiger partial charge in [-0.15, -0.1) is 0 Å². The van der Waals surface area contributed by atoms with Crippen LogP contribution in [0.25, 0.3) is 0 Å². The summed E-state index contributed by atoms with van der Waals surface area (Å²) < 4.78 is 0. The van der Waals surface area contributed by atoms with E-state index >= 15 is 0 Å². The van der Waals surface area contributed by atoms with Crippen molar-refractivity contribution in [3.8, 4) is 0 Å². The van der Waals surface area contributed by atoms with Gasteiger partial charge in [-0.3, -0.25) is 0 Å². The van der Waals surface area contributed by atoms with Gasteiger partial charge in [0.15, 0.2) is 0 Å². The summed E-state index contributed by atoms with van der Waals surface area (Å²) in [7, 11) is 0. The topological polar surface area (TPSA) is 0 Å². The molecular formula is C17H36. The summed E-state index contributed by atoms with van der Waals surface area (Å²) in [5.41, 5.74) is 0. The van der Waals surface area contributed by atoms with Gasteiger partial charge in [-0.25, -0.2) is 0 Å². The zero-order valence-electron chi connectivity index (χ0n) is 12.8. The molecule has 0 saturated carbocycles. The molecule has 0 heteroatoms. The average molecular weight is 240 g/mol. The van der Waals surface area contributed by atoms with Crippen molar-refractivity contribution < 1.29 is 0 Å². The van der Waals surface area contributed by atoms with Crippen LogP contribution >= 0.6 is 0 Å². The minimum absolute atomic E-state index is 1.05. The van der Waals surface area contributed by atoms with Gasteiger partial charge in [0, 0.05) is 0 Å². The Morgan fingerprint density at radius 2 is 0.824 bits per heavy atom. The first kappa shape index (κ1) is 17.0. The number of hydrogen-bond donors (Lipinski definition) is 0. The summed E-state index contributed by atoms with van der Waals surface area (Å²) in [5, 5.41) is 0. The SMILES string of the molecule is CCCCCCC(CCCCC)CCCCC. The molecular weight excluding hydrogens is 204 g/mol. The summed E-state index contributed by atoms with van der Waals surface area (Å²) in [4.78, 5) is 0. The molecule has 0 heterocycles. The fraction of sp³-hybridized carbons (Fsp3) is 1.00. The summed E-state index contributed by atoms with van der Waals surface area (Å²) in [6, 6.07) is 0. The Kier molecular flexibility index (Phi) is 14.1. The van der Waals surface area contributed by atoms with Crippen LogP contribution in [0.2, 0.25) is 0 Å². The first-order valence-corrected chi connectivity index (χ1v) is 8.35. The van der Waals surface area contributed by atoms with Crippen molar-refractivity contribution >= 4 is 0 Å². The molecule has 0 rings (SSSR count). The highest BCUT2D eigenvalue weighted by Gasteiger charge is 2.07. The van der Waals surface area contributed by atoms with E-state index < -0.39 is 0 Å². The molecule has 0 atom stereocenters. The molecule has 0 unspecified atom stereocenters. The molecule has 0 aromatic carbocycles. The third-order valence-electron chi connectivity index (χ3n) is 3.90. The van der Waals surface area contributed by atoms with E-state index in [1.54, 1.807) is 0 Å². The van der Waals surface area contributed by atoms with E-state index in [0.717, 1.165) is 5.92 Å². The van der Waals surface area contributed by atoms with Crippen molar-refractivity contribution in [1.82, 2.24) is 0 Å². The second kappa shape index (κ2) is 14.1. The molecule has 0 aromatic heterocycles. The zero-order valence-corrected chi connectivity index (χ0v) is 12.8. The van der Waals surface area contributed by atoms with Gasteiger partial charge in [0.05, 0.1) is 0 Å². The predicted molar refractivity (Wildman–Crippen MR) is 80.5 cm³/mol. The summed E-state index contributed by atoms with van der Waals surface area (Å²) in [6.07, 6.45) is 18.9. The van der Waals surface area contributed by atoms with Crippen molar-refractivity contribution in [3.63, 3.8) is 0 Å². The molecule has 0 aliphatic carbocycles. The van der Waals surface area contributed by atoms with Crippen LogP contribution in [-0.2, 0) is 0 Å². The average Bonchev–Trinajstić information content (AvgIpc) is 2.34. The second-order valence-corrected chi connectivity index (χ2v) is 5.71. The lowest BCUT2D eigenvalue weighted by atomic mass is 9.90. The smallest absolute Gasteiger partial charge is 0.0414 e. The van der Waals surface area contributed by atoms with E-state index in [2.05, 4.69) is 20.8 Å². The van der Waals surface area contributed by atoms with Gasteiger partial charge in [0.2, 0.25) is 0 Å². The summed E-state index contributed by atoms with van der Waals surface area (Å²) >= 11 is 0. The van der Waals surface area contributed by atoms with Crippen molar-refractivity contribution in [2.75, 3.05) is 0 Å². The lowest BCUT2D eigenvalue weighted by molar-refractivity contribution is 0.371. The molecule has 0 spiro atoms. The van der Waals surface area contributed by atoms with Crippen LogP contribution < -0.4 is 0 Å². The van der Waals surface area contributed by atoms with Crippen molar-refractivity contribution in [2.45, 2.75) is 104 Å². The maximum atomic E-state index is 2.31. The molecule has 0 N–H and O–H groups in total. The first-order valence-electron chi connectivity index (χ1n) is 8.35. The van der Waals surface area contributed by atoms with Crippen molar-refractivity contribution in [2.24, 2.45) is 5.92 Å². The van der Waals surface area contributed by atoms with Gasteiger partial charge in [-0.05, 0) is 5.92 Å². The summed E-state index contributed by atoms with van der Waals surface area (Å²) in [6.45, 7) is 6.93. The molecule has 0 aliphatic heterocycles. The monoisotopic (exact) mass is 240 g/mol. The normalized spacial score (nSPS) is 11.3. The highest BCUT2D eigenvalue weighted by Crippen LogP contribution is 2.23. The third-order valence-corrected chi connectivity index (χ3v) is 3.90. The number of unbranched alkanes of at least 4 members (excludes halogenated alkanes) is 7. The van der Waals surface area contributed by atoms with Gasteiger partial charge in [0.1, 0.15) is 0 Å². The molecule has 0 aromatic rings. The fourth-order valence-electron chi connectivity index (χ4n) is 2.66. The third kappa shape index (κ3) is 12.2. The zero-order chi connectivity index (χ0) is 12.8. The molecule has 0 bridgehead atoms. The Balaban J connectivity index is 3.60. The Bertz CT molecular complexity index is 118. The Morgan fingerprint density at radius 3 is 1.24 bits per heavy atom. The molecule has 0 amide bonds. The van der Waals surface area contributed by atoms with Crippen LogP contribution in [0.15, 0.2) is 0 Å². The Labute approximate surface area is 111 Å². The second-order valence-electron chi connectivity index (χ2n) is 5.71. The van der Waals surface area contributed by atoms with E-state index in [-0.39, 0.29) is 0 Å². The van der Waals surface area contributed by atoms with Gasteiger partial charge in [-0.1, -0.05) is 104 Å². The van der Waals surface area contributed by atoms with E-state index in [9.17, 15) is 0 Å². The van der Waals surface area contributed by atoms with Crippen LogP contribution in [0, 0.1) is 5.92 Å². The molecule has 0 radical (unpaired) electrons. The van der Waals surface area contributed by atoms with Gasteiger partial charge in [-0.2, -0.15) is 0 Å². The highest BCUT2D eigenvalue weighted by atomic mass is 14.1. The Morgan fingerprint density at radius 1 is 0.471 bits per heavy atom. The minimum atomic E-state index is 1.05. The predicted octanol–water partition coefficient (Wildman–Crippen LogP) is 6.73. The molecule has 0 nitrogen and oxygen atoms in total. The van der Waals surface area contributed by atoms with E-state index in [1.165, 1.54) is 83.5 Å². The molecule has 0 fully saturated rings. The van der Waals surface area contributed by atoms with Crippen LogP contribution in [0.5, 0.6) is 0 Å². The van der Waals surface area contributed by atoms with Crippen LogP contribution in [-0.4, -0.2) is 0 Å². The lowest BCUT2D eigenvalue weighted by Crippen LogP contribution is -2.01. The van der Waals surface area contributed by atoms with Crippen LogP contribution in [0.1, 0.15) is 104 Å². The van der Waals surface area contributed by atoms with E-state index in [4.69, 9.17) is 0 Å². The van der Waals surface area contributed by atoms with Crippen molar-refractivity contribution in [1.29, 1.82) is 0 Å². The summed E-state index contributed by atoms with van der Waals surface area (Å²) in [5.74, 6) is 1.05. The van der Waals surface area contributed by atoms with Crippen molar-refractivity contribution in [3.05, 3.63) is 0 Å². The fourth-order valence-corrected chi connectivity index (χ4v) is 2.66. The number of hydrogen-bond acceptors (Lipinski definition) is 0. The molecule has 0 aliphatic rings. The van der Waals surface area contributed by atoms with Gasteiger partial charge < -0.3 is 0 Å². The minimum Gasteiger partial charge on any atom is -0.0654 e. The maximum Gasteiger partial charge on any atom is -0.0414 e. The molecule has 104 valence electrons. The van der Waals surface area contributed by atoms with E-state index in [0.29, 0.717) is 0 Å². The van der Waals surface area contributed by atoms with Crippen LogP contribution in [0.4, 0.5) is 0 Å². The standard InChI is InChI=1S/C17H36/c1-4-7-10-13-16-17(14-11-8-5-2)15-12-9-6-3/h17H,4-16H2,1-3H3. The van der Waals surface area contributed by atoms with E-state index in [1.807, 2.05) is 0 Å². The highest BCUT2D eigenvalue weighted by molar-refractivity contribution is 4.61. The van der Waals surface area contributed by atoms with Crippen LogP contribution in [0.3, 0.4) is 0 Å². The first-order chi connectivity index (χ1) is 8.35. The Hall–Kier alpha value is 0. The largest absolute Gasteiger partial charge is 0.0654 e. The molecule has 0 saturated heterocycles. The molecule has 17 heavy (non-hydrogen) atoms. The maximum absolute atomic E-state index is 2.31. The van der Waals surface area contributed by atoms with Gasteiger partial charge in [0.25, 0.3) is 0 Å². The number of rotatable bonds is 13. The quantitative estimate of drug-likeness (QED) is 0.313. The van der Waals surface area contributed by atoms with Gasteiger partial charge >= 0.3 is 0 Å². The lowest BCUT2D eigenvalue weighted by Gasteiger charge is -2.16.